The first-order chi connectivity index (χ1) is 14.6. The van der Waals surface area contributed by atoms with Gasteiger partial charge >= 0.3 is 5.51 Å². The van der Waals surface area contributed by atoms with Crippen molar-refractivity contribution in [3.8, 4) is 17.1 Å². The first-order valence-electron chi connectivity index (χ1n) is 9.78. The molecule has 0 atom stereocenters. The van der Waals surface area contributed by atoms with E-state index in [1.807, 2.05) is 46.8 Å². The van der Waals surface area contributed by atoms with Gasteiger partial charge in [0.2, 0.25) is 0 Å². The minimum Gasteiger partial charge on any atom is -0.507 e. The number of fused-ring (bicyclic) bond motifs is 1. The summed E-state index contributed by atoms with van der Waals surface area (Å²) in [5.41, 5.74) is -5.06. The maximum atomic E-state index is 12.9. The molecule has 2 aromatic carbocycles. The maximum Gasteiger partial charge on any atom is 0.501 e. The van der Waals surface area contributed by atoms with Crippen molar-refractivity contribution < 1.29 is 26.7 Å². The summed E-state index contributed by atoms with van der Waals surface area (Å²) in [7, 11) is -5.61. The number of phenols is 1. The lowest BCUT2D eigenvalue weighted by atomic mass is 9.82. The number of nitrogens with one attached hydrogen (secondary N) is 1. The molecule has 32 heavy (non-hydrogen) atoms. The van der Waals surface area contributed by atoms with Gasteiger partial charge in [-0.05, 0) is 35.1 Å². The van der Waals surface area contributed by atoms with Crippen LogP contribution >= 0.6 is 0 Å². The van der Waals surface area contributed by atoms with E-state index < -0.39 is 31.2 Å². The second-order valence-electron chi connectivity index (χ2n) is 8.87. The average Bonchev–Trinajstić information content (AvgIpc) is 2.65. The molecule has 3 rings (SSSR count). The van der Waals surface area contributed by atoms with E-state index in [9.17, 15) is 31.5 Å². The predicted molar refractivity (Wildman–Crippen MR) is 115 cm³/mol. The van der Waals surface area contributed by atoms with Crippen LogP contribution in [0.3, 0.4) is 0 Å². The summed E-state index contributed by atoms with van der Waals surface area (Å²) in [5, 5.41) is 10.7. The number of aromatic hydroxyl groups is 1. The lowest BCUT2D eigenvalue weighted by molar-refractivity contribution is -0.0435. The molecule has 2 N–H and O–H groups in total. The lowest BCUT2D eigenvalue weighted by Gasteiger charge is -2.24. The van der Waals surface area contributed by atoms with Gasteiger partial charge in [0.1, 0.15) is 11.6 Å². The number of alkyl halides is 3. The van der Waals surface area contributed by atoms with Gasteiger partial charge in [0.15, 0.2) is 0 Å². The van der Waals surface area contributed by atoms with E-state index in [4.69, 9.17) is 0 Å². The van der Waals surface area contributed by atoms with Gasteiger partial charge in [-0.3, -0.25) is 4.79 Å². The third kappa shape index (κ3) is 3.99. The van der Waals surface area contributed by atoms with Crippen LogP contribution in [-0.4, -0.2) is 29.0 Å². The number of H-pyrrole nitrogens is 1. The third-order valence-electron chi connectivity index (χ3n) is 5.17. The van der Waals surface area contributed by atoms with Crippen LogP contribution < -0.4 is 5.56 Å². The van der Waals surface area contributed by atoms with Crippen LogP contribution in [0.25, 0.3) is 22.3 Å². The Morgan fingerprint density at radius 2 is 1.69 bits per heavy atom. The van der Waals surface area contributed by atoms with E-state index in [1.165, 1.54) is 0 Å². The number of aromatic amines is 1. The molecule has 1 aromatic heterocycles. The van der Waals surface area contributed by atoms with Crippen molar-refractivity contribution in [2.24, 2.45) is 0 Å². The SMILES string of the molecule is CC(C)c1ccc(C(C)(C)C)c(O)c1-c1nc2ccc(S(=O)(=O)C(F)(F)F)cc2c(=O)[nH]1. The topological polar surface area (TPSA) is 100 Å². The molecule has 0 saturated carbocycles. The van der Waals surface area contributed by atoms with E-state index in [1.54, 1.807) is 0 Å². The molecule has 1 heterocycles. The molecule has 3 aromatic rings. The van der Waals surface area contributed by atoms with Crippen LogP contribution in [-0.2, 0) is 15.3 Å². The van der Waals surface area contributed by atoms with Crippen LogP contribution in [0.5, 0.6) is 5.75 Å². The van der Waals surface area contributed by atoms with Gasteiger partial charge in [-0.2, -0.15) is 13.2 Å². The Morgan fingerprint density at radius 1 is 1.06 bits per heavy atom. The number of benzene rings is 2. The minimum absolute atomic E-state index is 0.000132. The number of aromatic nitrogens is 2. The van der Waals surface area contributed by atoms with Gasteiger partial charge in [-0.25, -0.2) is 13.4 Å². The second kappa shape index (κ2) is 7.61. The third-order valence-corrected chi connectivity index (χ3v) is 6.65. The lowest BCUT2D eigenvalue weighted by Crippen LogP contribution is -2.23. The normalized spacial score (nSPS) is 13.2. The molecule has 0 fully saturated rings. The Morgan fingerprint density at radius 3 is 2.22 bits per heavy atom. The summed E-state index contributed by atoms with van der Waals surface area (Å²) in [5.74, 6) is -0.0473. The van der Waals surface area contributed by atoms with Gasteiger partial charge in [-0.1, -0.05) is 46.8 Å². The van der Waals surface area contributed by atoms with Crippen LogP contribution in [0.15, 0.2) is 40.0 Å². The fourth-order valence-electron chi connectivity index (χ4n) is 3.48. The monoisotopic (exact) mass is 468 g/mol. The summed E-state index contributed by atoms with van der Waals surface area (Å²) in [6.45, 7) is 9.56. The highest BCUT2D eigenvalue weighted by molar-refractivity contribution is 7.92. The average molecular weight is 468 g/mol. The van der Waals surface area contributed by atoms with E-state index in [-0.39, 0.29) is 28.4 Å². The number of rotatable bonds is 3. The highest BCUT2D eigenvalue weighted by Crippen LogP contribution is 2.42. The fourth-order valence-corrected chi connectivity index (χ4v) is 4.27. The van der Waals surface area contributed by atoms with Crippen molar-refractivity contribution in [1.29, 1.82) is 0 Å². The highest BCUT2D eigenvalue weighted by atomic mass is 32.2. The number of halogens is 3. The van der Waals surface area contributed by atoms with E-state index in [0.717, 1.165) is 12.1 Å². The van der Waals surface area contributed by atoms with Crippen LogP contribution in [0.4, 0.5) is 13.2 Å². The number of nitrogens with zero attached hydrogens (tertiary/aromatic N) is 1. The van der Waals surface area contributed by atoms with Crippen molar-refractivity contribution in [1.82, 2.24) is 9.97 Å². The zero-order valence-corrected chi connectivity index (χ0v) is 18.9. The quantitative estimate of drug-likeness (QED) is 0.563. The molecule has 172 valence electrons. The first kappa shape index (κ1) is 23.8. The van der Waals surface area contributed by atoms with Crippen molar-refractivity contribution in [3.05, 3.63) is 51.8 Å². The largest absolute Gasteiger partial charge is 0.507 e. The number of sulfone groups is 1. The molecule has 0 aliphatic carbocycles. The van der Waals surface area contributed by atoms with Crippen molar-refractivity contribution in [2.45, 2.75) is 56.4 Å². The van der Waals surface area contributed by atoms with E-state index >= 15 is 0 Å². The second-order valence-corrected chi connectivity index (χ2v) is 10.8. The first-order valence-corrected chi connectivity index (χ1v) is 11.3. The van der Waals surface area contributed by atoms with E-state index in [2.05, 4.69) is 9.97 Å². The zero-order valence-electron chi connectivity index (χ0n) is 18.1. The summed E-state index contributed by atoms with van der Waals surface area (Å²) in [6.07, 6.45) is 0. The van der Waals surface area contributed by atoms with Crippen molar-refractivity contribution >= 4 is 20.7 Å². The van der Waals surface area contributed by atoms with E-state index in [0.29, 0.717) is 22.8 Å². The Hall–Kier alpha value is -2.88. The Labute approximate surface area is 183 Å². The molecule has 0 aliphatic rings. The zero-order chi connectivity index (χ0) is 24.2. The highest BCUT2D eigenvalue weighted by Gasteiger charge is 2.47. The van der Waals surface area contributed by atoms with Gasteiger partial charge in [-0.15, -0.1) is 0 Å². The molecule has 0 amide bonds. The molecule has 6 nitrogen and oxygen atoms in total. The van der Waals surface area contributed by atoms with Gasteiger partial charge in [0.05, 0.1) is 21.4 Å². The molecule has 0 radical (unpaired) electrons. The molecule has 0 saturated heterocycles. The van der Waals surface area contributed by atoms with Gasteiger partial charge in [0, 0.05) is 5.56 Å². The smallest absolute Gasteiger partial charge is 0.501 e. The molecular formula is C22H23F3N2O4S. The molecule has 10 heteroatoms. The molecule has 0 unspecified atom stereocenters. The molecule has 0 bridgehead atoms. The molecule has 0 aliphatic heterocycles. The summed E-state index contributed by atoms with van der Waals surface area (Å²) in [4.78, 5) is 18.5. The van der Waals surface area contributed by atoms with Crippen LogP contribution in [0, 0.1) is 0 Å². The van der Waals surface area contributed by atoms with Crippen LogP contribution in [0.2, 0.25) is 0 Å². The fraction of sp³-hybridized carbons (Fsp3) is 0.364. The summed E-state index contributed by atoms with van der Waals surface area (Å²) in [6, 6.07) is 6.11. The number of hydrogen-bond acceptors (Lipinski definition) is 5. The standard InChI is InChI=1S/C22H23F3N2O4S/c1-11(2)13-7-8-15(21(3,4)5)18(28)17(13)19-26-16-9-6-12(10-14(16)20(29)27-19)32(30,31)22(23,24)25/h6-11,28H,1-5H3,(H,26,27,29). The van der Waals surface area contributed by atoms with Crippen molar-refractivity contribution in [2.75, 3.05) is 0 Å². The summed E-state index contributed by atoms with van der Waals surface area (Å²) >= 11 is 0. The van der Waals surface area contributed by atoms with Crippen LogP contribution in [0.1, 0.15) is 51.7 Å². The molecule has 0 spiro atoms. The maximum absolute atomic E-state index is 12.9. The van der Waals surface area contributed by atoms with Crippen molar-refractivity contribution in [3.63, 3.8) is 0 Å². The summed E-state index contributed by atoms with van der Waals surface area (Å²) < 4.78 is 62.1. The Kier molecular flexibility index (Phi) is 5.66. The Bertz CT molecular complexity index is 1370. The number of hydrogen-bond donors (Lipinski definition) is 2. The number of phenolic OH excluding ortho intramolecular Hbond substituents is 1. The predicted octanol–water partition coefficient (Wildman–Crippen LogP) is 5.01. The van der Waals surface area contributed by atoms with Gasteiger partial charge < -0.3 is 10.1 Å². The molecular weight excluding hydrogens is 445 g/mol. The van der Waals surface area contributed by atoms with Gasteiger partial charge in [0.25, 0.3) is 15.4 Å². The minimum atomic E-state index is -5.61. The Balaban J connectivity index is 2.31.